The highest BCUT2D eigenvalue weighted by Crippen LogP contribution is 2.24. The summed E-state index contributed by atoms with van der Waals surface area (Å²) in [7, 11) is -2.28. The predicted octanol–water partition coefficient (Wildman–Crippen LogP) is 3.35. The van der Waals surface area contributed by atoms with Crippen LogP contribution in [0.5, 0.6) is 5.75 Å². The number of sulfonamides is 1. The van der Waals surface area contributed by atoms with Gasteiger partial charge >= 0.3 is 0 Å². The fourth-order valence-corrected chi connectivity index (χ4v) is 3.32. The maximum Gasteiger partial charge on any atom is 0.267 e. The van der Waals surface area contributed by atoms with E-state index in [0.29, 0.717) is 22.0 Å². The zero-order chi connectivity index (χ0) is 19.5. The van der Waals surface area contributed by atoms with Gasteiger partial charge in [-0.15, -0.1) is 0 Å². The van der Waals surface area contributed by atoms with Gasteiger partial charge in [0.1, 0.15) is 5.75 Å². The van der Waals surface area contributed by atoms with Gasteiger partial charge in [-0.25, -0.2) is 13.1 Å². The first-order chi connectivity index (χ1) is 12.0. The molecule has 2 N–H and O–H groups in total. The molecule has 0 radical (unpaired) electrons. The van der Waals surface area contributed by atoms with Gasteiger partial charge in [-0.05, 0) is 69.8 Å². The molecule has 2 aromatic rings. The Hall–Kier alpha value is -2.09. The molecule has 26 heavy (non-hydrogen) atoms. The standard InChI is InChI=1S/C18H21ClN2O4S/c1-12-5-8-14(11-16(12)26(23,24)20-4)21-17(22)18(2,3)25-15-9-6-13(19)7-10-15/h5-11,20H,1-4H3,(H,21,22). The maximum absolute atomic E-state index is 12.6. The summed E-state index contributed by atoms with van der Waals surface area (Å²) in [5.74, 6) is 0.0843. The van der Waals surface area contributed by atoms with Crippen molar-refractivity contribution in [3.63, 3.8) is 0 Å². The van der Waals surface area contributed by atoms with Crippen LogP contribution in [-0.2, 0) is 14.8 Å². The average Bonchev–Trinajstić information content (AvgIpc) is 2.58. The fourth-order valence-electron chi connectivity index (χ4n) is 2.20. The van der Waals surface area contributed by atoms with Crippen LogP contribution in [-0.4, -0.2) is 27.0 Å². The van der Waals surface area contributed by atoms with Crippen molar-refractivity contribution in [1.29, 1.82) is 0 Å². The Morgan fingerprint density at radius 3 is 2.31 bits per heavy atom. The van der Waals surface area contributed by atoms with E-state index in [1.807, 2.05) is 0 Å². The number of benzene rings is 2. The summed E-state index contributed by atoms with van der Waals surface area (Å²) >= 11 is 5.84. The monoisotopic (exact) mass is 396 g/mol. The van der Waals surface area contributed by atoms with Crippen molar-refractivity contribution in [2.24, 2.45) is 0 Å². The Bertz CT molecular complexity index is 909. The molecule has 0 spiro atoms. The van der Waals surface area contributed by atoms with Crippen LogP contribution >= 0.6 is 11.6 Å². The molecule has 0 aliphatic heterocycles. The Morgan fingerprint density at radius 2 is 1.73 bits per heavy atom. The number of anilines is 1. The van der Waals surface area contributed by atoms with E-state index in [1.165, 1.54) is 13.1 Å². The van der Waals surface area contributed by atoms with Gasteiger partial charge < -0.3 is 10.1 Å². The van der Waals surface area contributed by atoms with Gasteiger partial charge in [-0.3, -0.25) is 4.79 Å². The molecule has 6 nitrogen and oxygen atoms in total. The van der Waals surface area contributed by atoms with Crippen molar-refractivity contribution in [2.75, 3.05) is 12.4 Å². The van der Waals surface area contributed by atoms with Gasteiger partial charge in [0, 0.05) is 10.7 Å². The highest BCUT2D eigenvalue weighted by molar-refractivity contribution is 7.89. The molecule has 0 heterocycles. The van der Waals surface area contributed by atoms with Gasteiger partial charge in [-0.1, -0.05) is 17.7 Å². The van der Waals surface area contributed by atoms with Crippen LogP contribution in [0.15, 0.2) is 47.4 Å². The van der Waals surface area contributed by atoms with Crippen molar-refractivity contribution in [3.8, 4) is 5.75 Å². The third-order valence-corrected chi connectivity index (χ3v) is 5.55. The molecule has 0 aliphatic carbocycles. The molecule has 0 unspecified atom stereocenters. The summed E-state index contributed by atoms with van der Waals surface area (Å²) in [5.41, 5.74) is -0.239. The van der Waals surface area contributed by atoms with Crippen LogP contribution < -0.4 is 14.8 Å². The summed E-state index contributed by atoms with van der Waals surface area (Å²) in [6.07, 6.45) is 0. The van der Waals surface area contributed by atoms with Crippen molar-refractivity contribution >= 4 is 33.2 Å². The Kier molecular flexibility index (Phi) is 5.95. The summed E-state index contributed by atoms with van der Waals surface area (Å²) in [6, 6.07) is 11.4. The Balaban J connectivity index is 2.20. The second-order valence-corrected chi connectivity index (χ2v) is 8.50. The van der Waals surface area contributed by atoms with Crippen LogP contribution in [0.4, 0.5) is 5.69 Å². The lowest BCUT2D eigenvalue weighted by atomic mass is 10.1. The highest BCUT2D eigenvalue weighted by Gasteiger charge is 2.30. The predicted molar refractivity (Wildman–Crippen MR) is 102 cm³/mol. The van der Waals surface area contributed by atoms with Crippen LogP contribution in [0.1, 0.15) is 19.4 Å². The minimum Gasteiger partial charge on any atom is -0.478 e. The van der Waals surface area contributed by atoms with Gasteiger partial charge in [0.25, 0.3) is 5.91 Å². The lowest BCUT2D eigenvalue weighted by molar-refractivity contribution is -0.128. The first-order valence-corrected chi connectivity index (χ1v) is 9.71. The first kappa shape index (κ1) is 20.2. The summed E-state index contributed by atoms with van der Waals surface area (Å²) < 4.78 is 32.1. The van der Waals surface area contributed by atoms with E-state index in [-0.39, 0.29) is 4.90 Å². The molecule has 0 fully saturated rings. The largest absolute Gasteiger partial charge is 0.478 e. The average molecular weight is 397 g/mol. The Labute approximate surface area is 158 Å². The molecule has 140 valence electrons. The number of amides is 1. The molecule has 8 heteroatoms. The van der Waals surface area contributed by atoms with E-state index < -0.39 is 21.5 Å². The molecule has 0 saturated heterocycles. The van der Waals surface area contributed by atoms with Crippen LogP contribution in [0.2, 0.25) is 5.02 Å². The third-order valence-electron chi connectivity index (χ3n) is 3.74. The number of aryl methyl sites for hydroxylation is 1. The number of nitrogens with one attached hydrogen (secondary N) is 2. The molecule has 1 amide bonds. The third kappa shape index (κ3) is 4.75. The first-order valence-electron chi connectivity index (χ1n) is 7.85. The van der Waals surface area contributed by atoms with Crippen LogP contribution in [0.25, 0.3) is 0 Å². The second kappa shape index (κ2) is 7.65. The molecule has 0 saturated carbocycles. The fraction of sp³-hybridized carbons (Fsp3) is 0.278. The molecule has 0 bridgehead atoms. The summed E-state index contributed by atoms with van der Waals surface area (Å²) in [6.45, 7) is 4.93. The van der Waals surface area contributed by atoms with Gasteiger partial charge in [0.05, 0.1) is 4.90 Å². The number of rotatable bonds is 6. The van der Waals surface area contributed by atoms with Crippen molar-refractivity contribution in [3.05, 3.63) is 53.1 Å². The number of hydrogen-bond donors (Lipinski definition) is 2. The minimum absolute atomic E-state index is 0.106. The zero-order valence-corrected chi connectivity index (χ0v) is 16.5. The van der Waals surface area contributed by atoms with Crippen molar-refractivity contribution in [1.82, 2.24) is 4.72 Å². The second-order valence-electron chi connectivity index (χ2n) is 6.21. The lowest BCUT2D eigenvalue weighted by Crippen LogP contribution is -2.42. The van der Waals surface area contributed by atoms with E-state index in [2.05, 4.69) is 10.0 Å². The van der Waals surface area contributed by atoms with E-state index in [9.17, 15) is 13.2 Å². The van der Waals surface area contributed by atoms with Gasteiger partial charge in [0.2, 0.25) is 10.0 Å². The number of hydrogen-bond acceptors (Lipinski definition) is 4. The normalized spacial score (nSPS) is 11.9. The van der Waals surface area contributed by atoms with E-state index >= 15 is 0 Å². The summed E-state index contributed by atoms with van der Waals surface area (Å²) in [5, 5.41) is 3.26. The number of carbonyl (C=O) groups excluding carboxylic acids is 1. The van der Waals surface area contributed by atoms with Crippen LogP contribution in [0.3, 0.4) is 0 Å². The number of ether oxygens (including phenoxy) is 1. The molecular weight excluding hydrogens is 376 g/mol. The van der Waals surface area contributed by atoms with Gasteiger partial charge in [0.15, 0.2) is 5.60 Å². The number of carbonyl (C=O) groups is 1. The van der Waals surface area contributed by atoms with E-state index in [4.69, 9.17) is 16.3 Å². The lowest BCUT2D eigenvalue weighted by Gasteiger charge is -2.25. The molecule has 0 aliphatic rings. The molecule has 0 aromatic heterocycles. The van der Waals surface area contributed by atoms with Crippen molar-refractivity contribution in [2.45, 2.75) is 31.3 Å². The molecule has 0 atom stereocenters. The number of halogens is 1. The summed E-state index contributed by atoms with van der Waals surface area (Å²) in [4.78, 5) is 12.7. The molecular formula is C18H21ClN2O4S. The maximum atomic E-state index is 12.6. The minimum atomic E-state index is -3.62. The zero-order valence-electron chi connectivity index (χ0n) is 15.0. The highest BCUT2D eigenvalue weighted by atomic mass is 35.5. The van der Waals surface area contributed by atoms with E-state index in [1.54, 1.807) is 57.2 Å². The SMILES string of the molecule is CNS(=O)(=O)c1cc(NC(=O)C(C)(C)Oc2ccc(Cl)cc2)ccc1C. The van der Waals surface area contributed by atoms with E-state index in [0.717, 1.165) is 0 Å². The smallest absolute Gasteiger partial charge is 0.267 e. The topological polar surface area (TPSA) is 84.5 Å². The van der Waals surface area contributed by atoms with Crippen LogP contribution in [0, 0.1) is 6.92 Å². The molecule has 2 rings (SSSR count). The Morgan fingerprint density at radius 1 is 1.12 bits per heavy atom. The van der Waals surface area contributed by atoms with Crippen molar-refractivity contribution < 1.29 is 17.9 Å². The quantitative estimate of drug-likeness (QED) is 0.784. The molecule has 2 aromatic carbocycles. The van der Waals surface area contributed by atoms with Gasteiger partial charge in [-0.2, -0.15) is 0 Å².